The lowest BCUT2D eigenvalue weighted by atomic mass is 10.1. The zero-order valence-corrected chi connectivity index (χ0v) is 14.8. The number of aryl methyl sites for hydroxylation is 1. The van der Waals surface area contributed by atoms with Gasteiger partial charge in [-0.25, -0.2) is 4.98 Å². The molecule has 0 atom stereocenters. The van der Waals surface area contributed by atoms with E-state index in [4.69, 9.17) is 14.2 Å². The Balaban J connectivity index is 1.38. The van der Waals surface area contributed by atoms with Crippen LogP contribution in [0.5, 0.6) is 17.2 Å². The molecule has 3 aromatic rings. The van der Waals surface area contributed by atoms with Crippen LogP contribution in [-0.2, 0) is 4.79 Å². The van der Waals surface area contributed by atoms with Crippen LogP contribution >= 0.6 is 11.3 Å². The molecule has 26 heavy (non-hydrogen) atoms. The molecule has 132 valence electrons. The Hall–Kier alpha value is -3.06. The van der Waals surface area contributed by atoms with Crippen molar-refractivity contribution in [3.8, 4) is 28.5 Å². The number of nitrogens with one attached hydrogen (secondary N) is 1. The van der Waals surface area contributed by atoms with Crippen LogP contribution < -0.4 is 19.5 Å². The first-order chi connectivity index (χ1) is 12.7. The molecule has 0 radical (unpaired) electrons. The Bertz CT molecular complexity index is 954. The average Bonchev–Trinajstić information content (AvgIpc) is 3.28. The van der Waals surface area contributed by atoms with E-state index in [1.165, 1.54) is 11.3 Å². The highest BCUT2D eigenvalue weighted by molar-refractivity contribution is 7.14. The molecule has 6 nitrogen and oxygen atoms in total. The third kappa shape index (κ3) is 3.62. The third-order valence-corrected chi connectivity index (χ3v) is 4.54. The standard InChI is InChI=1S/C19H16N2O4S/c1-12-3-2-4-14(7-12)23-9-18(22)21-19-20-15(10-26-19)13-5-6-16-17(8-13)25-11-24-16/h2-8,10H,9,11H2,1H3,(H,20,21,22). The summed E-state index contributed by atoms with van der Waals surface area (Å²) in [4.78, 5) is 16.5. The van der Waals surface area contributed by atoms with Gasteiger partial charge >= 0.3 is 0 Å². The van der Waals surface area contributed by atoms with Gasteiger partial charge in [-0.1, -0.05) is 12.1 Å². The summed E-state index contributed by atoms with van der Waals surface area (Å²) >= 11 is 1.36. The molecule has 0 spiro atoms. The normalized spacial score (nSPS) is 12.0. The number of thiazole rings is 1. The second-order valence-corrected chi connectivity index (χ2v) is 6.62. The van der Waals surface area contributed by atoms with Crippen LogP contribution in [0.2, 0.25) is 0 Å². The maximum atomic E-state index is 12.1. The highest BCUT2D eigenvalue weighted by atomic mass is 32.1. The van der Waals surface area contributed by atoms with Crippen LogP contribution in [-0.4, -0.2) is 24.3 Å². The smallest absolute Gasteiger partial charge is 0.264 e. The number of ether oxygens (including phenoxy) is 3. The van der Waals surface area contributed by atoms with Gasteiger partial charge in [-0.2, -0.15) is 0 Å². The molecular weight excluding hydrogens is 352 g/mol. The second-order valence-electron chi connectivity index (χ2n) is 5.76. The Kier molecular flexibility index (Phi) is 4.45. The molecule has 1 N–H and O–H groups in total. The van der Waals surface area contributed by atoms with Crippen molar-refractivity contribution in [1.82, 2.24) is 4.98 Å². The lowest BCUT2D eigenvalue weighted by Crippen LogP contribution is -2.20. The van der Waals surface area contributed by atoms with Crippen molar-refractivity contribution in [2.24, 2.45) is 0 Å². The minimum Gasteiger partial charge on any atom is -0.484 e. The quantitative estimate of drug-likeness (QED) is 0.740. The van der Waals surface area contributed by atoms with Gasteiger partial charge < -0.3 is 14.2 Å². The predicted octanol–water partition coefficient (Wildman–Crippen LogP) is 3.86. The lowest BCUT2D eigenvalue weighted by Gasteiger charge is -2.06. The molecule has 1 aromatic heterocycles. The third-order valence-electron chi connectivity index (χ3n) is 3.78. The molecule has 4 rings (SSSR count). The van der Waals surface area contributed by atoms with E-state index >= 15 is 0 Å². The number of carbonyl (C=O) groups is 1. The first kappa shape index (κ1) is 16.4. The lowest BCUT2D eigenvalue weighted by molar-refractivity contribution is -0.118. The minimum atomic E-state index is -0.252. The monoisotopic (exact) mass is 368 g/mol. The Morgan fingerprint density at radius 1 is 1.23 bits per heavy atom. The van der Waals surface area contributed by atoms with Crippen molar-refractivity contribution in [3.63, 3.8) is 0 Å². The molecule has 0 unspecified atom stereocenters. The largest absolute Gasteiger partial charge is 0.484 e. The Labute approximate surface area is 154 Å². The zero-order valence-electron chi connectivity index (χ0n) is 14.0. The molecule has 1 aliphatic heterocycles. The summed E-state index contributed by atoms with van der Waals surface area (Å²) in [6.45, 7) is 2.14. The van der Waals surface area contributed by atoms with Gasteiger partial charge in [-0.3, -0.25) is 10.1 Å². The van der Waals surface area contributed by atoms with Gasteiger partial charge in [0, 0.05) is 10.9 Å². The predicted molar refractivity (Wildman–Crippen MR) is 99.0 cm³/mol. The molecular formula is C19H16N2O4S. The molecule has 2 aromatic carbocycles. The van der Waals surface area contributed by atoms with E-state index in [9.17, 15) is 4.79 Å². The summed E-state index contributed by atoms with van der Waals surface area (Å²) in [6, 6.07) is 13.2. The van der Waals surface area contributed by atoms with E-state index in [1.807, 2.05) is 54.8 Å². The number of nitrogens with zero attached hydrogens (tertiary/aromatic N) is 1. The molecule has 2 heterocycles. The summed E-state index contributed by atoms with van der Waals surface area (Å²) in [6.07, 6.45) is 0. The van der Waals surface area contributed by atoms with Crippen LogP contribution in [0.25, 0.3) is 11.3 Å². The first-order valence-corrected chi connectivity index (χ1v) is 8.90. The number of anilines is 1. The molecule has 1 aliphatic rings. The van der Waals surface area contributed by atoms with E-state index in [1.54, 1.807) is 0 Å². The number of rotatable bonds is 5. The molecule has 0 aliphatic carbocycles. The summed E-state index contributed by atoms with van der Waals surface area (Å²) in [5.41, 5.74) is 2.75. The van der Waals surface area contributed by atoms with Gasteiger partial charge in [-0.15, -0.1) is 11.3 Å². The van der Waals surface area contributed by atoms with Gasteiger partial charge in [-0.05, 0) is 42.8 Å². The number of amides is 1. The van der Waals surface area contributed by atoms with Crippen LogP contribution in [0, 0.1) is 6.92 Å². The van der Waals surface area contributed by atoms with E-state index in [-0.39, 0.29) is 19.3 Å². The molecule has 7 heteroatoms. The maximum Gasteiger partial charge on any atom is 0.264 e. The van der Waals surface area contributed by atoms with Crippen LogP contribution in [0.4, 0.5) is 5.13 Å². The van der Waals surface area contributed by atoms with Gasteiger partial charge in [0.15, 0.2) is 23.2 Å². The summed E-state index contributed by atoms with van der Waals surface area (Å²) in [5.74, 6) is 1.84. The topological polar surface area (TPSA) is 69.7 Å². The van der Waals surface area contributed by atoms with Crippen molar-refractivity contribution in [3.05, 3.63) is 53.4 Å². The Morgan fingerprint density at radius 3 is 3.00 bits per heavy atom. The second kappa shape index (κ2) is 7.05. The maximum absolute atomic E-state index is 12.1. The number of carbonyl (C=O) groups excluding carboxylic acids is 1. The fraction of sp³-hybridized carbons (Fsp3) is 0.158. The van der Waals surface area contributed by atoms with Crippen LogP contribution in [0.15, 0.2) is 47.8 Å². The summed E-state index contributed by atoms with van der Waals surface area (Å²) in [5, 5.41) is 5.16. The van der Waals surface area contributed by atoms with Crippen molar-refractivity contribution in [2.45, 2.75) is 6.92 Å². The van der Waals surface area contributed by atoms with Crippen molar-refractivity contribution >= 4 is 22.4 Å². The summed E-state index contributed by atoms with van der Waals surface area (Å²) < 4.78 is 16.2. The highest BCUT2D eigenvalue weighted by Crippen LogP contribution is 2.36. The number of benzene rings is 2. The first-order valence-electron chi connectivity index (χ1n) is 8.02. The fourth-order valence-corrected chi connectivity index (χ4v) is 3.26. The average molecular weight is 368 g/mol. The summed E-state index contributed by atoms with van der Waals surface area (Å²) in [7, 11) is 0. The van der Waals surface area contributed by atoms with Crippen LogP contribution in [0.3, 0.4) is 0 Å². The number of hydrogen-bond donors (Lipinski definition) is 1. The minimum absolute atomic E-state index is 0.0671. The van der Waals surface area contributed by atoms with Gasteiger partial charge in [0.2, 0.25) is 6.79 Å². The van der Waals surface area contributed by atoms with E-state index in [0.29, 0.717) is 16.6 Å². The molecule has 0 saturated carbocycles. The fourth-order valence-electron chi connectivity index (χ4n) is 2.53. The SMILES string of the molecule is Cc1cccc(OCC(=O)Nc2nc(-c3ccc4c(c3)OCO4)cs2)c1. The van der Waals surface area contributed by atoms with Gasteiger partial charge in [0.25, 0.3) is 5.91 Å². The zero-order chi connectivity index (χ0) is 17.9. The van der Waals surface area contributed by atoms with Crippen LogP contribution in [0.1, 0.15) is 5.56 Å². The Morgan fingerprint density at radius 2 is 2.12 bits per heavy atom. The van der Waals surface area contributed by atoms with Crippen molar-refractivity contribution < 1.29 is 19.0 Å². The molecule has 0 bridgehead atoms. The number of aromatic nitrogens is 1. The van der Waals surface area contributed by atoms with Gasteiger partial charge in [0.05, 0.1) is 5.69 Å². The van der Waals surface area contributed by atoms with E-state index in [2.05, 4.69) is 10.3 Å². The van der Waals surface area contributed by atoms with Crippen molar-refractivity contribution in [1.29, 1.82) is 0 Å². The number of hydrogen-bond acceptors (Lipinski definition) is 6. The van der Waals surface area contributed by atoms with E-state index in [0.717, 1.165) is 22.6 Å². The molecule has 0 fully saturated rings. The van der Waals surface area contributed by atoms with Crippen molar-refractivity contribution in [2.75, 3.05) is 18.7 Å². The van der Waals surface area contributed by atoms with Gasteiger partial charge in [0.1, 0.15) is 5.75 Å². The number of fused-ring (bicyclic) bond motifs is 1. The molecule has 1 amide bonds. The van der Waals surface area contributed by atoms with E-state index < -0.39 is 0 Å². The molecule has 0 saturated heterocycles. The highest BCUT2D eigenvalue weighted by Gasteiger charge is 2.15.